The van der Waals surface area contributed by atoms with Crippen LogP contribution >= 0.6 is 0 Å². The third-order valence-electron chi connectivity index (χ3n) is 4.44. The molecule has 2 amide bonds. The minimum absolute atomic E-state index is 0.0166. The number of aliphatic hydroxyl groups excluding tert-OH is 1. The molecule has 5 heteroatoms. The molecule has 1 unspecified atom stereocenters. The van der Waals surface area contributed by atoms with Crippen LogP contribution < -0.4 is 10.6 Å². The zero-order valence-corrected chi connectivity index (χ0v) is 13.3. The highest BCUT2D eigenvalue weighted by atomic mass is 19.1. The minimum atomic E-state index is -0.306. The molecule has 0 fully saturated rings. The van der Waals surface area contributed by atoms with E-state index in [1.165, 1.54) is 6.07 Å². The Bertz CT molecular complexity index is 706. The maximum absolute atomic E-state index is 13.8. The van der Waals surface area contributed by atoms with E-state index in [2.05, 4.69) is 10.6 Å². The number of benzene rings is 2. The van der Waals surface area contributed by atoms with E-state index in [1.54, 1.807) is 6.07 Å². The highest BCUT2D eigenvalue weighted by molar-refractivity contribution is 5.75. The molecule has 0 aromatic heterocycles. The fourth-order valence-corrected chi connectivity index (χ4v) is 3.25. The van der Waals surface area contributed by atoms with Crippen molar-refractivity contribution < 1.29 is 14.3 Å². The van der Waals surface area contributed by atoms with Gasteiger partial charge in [0.15, 0.2) is 0 Å². The smallest absolute Gasteiger partial charge is 0.315 e. The molecule has 0 spiro atoms. The van der Waals surface area contributed by atoms with E-state index >= 15 is 0 Å². The first-order valence-electron chi connectivity index (χ1n) is 8.19. The fourth-order valence-electron chi connectivity index (χ4n) is 3.25. The van der Waals surface area contributed by atoms with Crippen LogP contribution in [0.25, 0.3) is 0 Å². The minimum Gasteiger partial charge on any atom is -0.396 e. The summed E-state index contributed by atoms with van der Waals surface area (Å²) in [6, 6.07) is 13.8. The number of fused-ring (bicyclic) bond motifs is 1. The predicted octanol–water partition coefficient (Wildman–Crippen LogP) is 3.24. The summed E-state index contributed by atoms with van der Waals surface area (Å²) in [5.41, 5.74) is 2.49. The molecule has 0 saturated carbocycles. The number of carbonyl (C=O) groups excluding carboxylic acids is 1. The highest BCUT2D eigenvalue weighted by Crippen LogP contribution is 2.32. The summed E-state index contributed by atoms with van der Waals surface area (Å²) in [7, 11) is 0. The lowest BCUT2D eigenvalue weighted by molar-refractivity contribution is 0.226. The molecule has 2 aromatic rings. The van der Waals surface area contributed by atoms with Crippen LogP contribution in [0.5, 0.6) is 0 Å². The largest absolute Gasteiger partial charge is 0.396 e. The average molecular weight is 328 g/mol. The summed E-state index contributed by atoms with van der Waals surface area (Å²) in [5.74, 6) is -0.209. The van der Waals surface area contributed by atoms with Crippen LogP contribution in [0.15, 0.2) is 48.5 Å². The summed E-state index contributed by atoms with van der Waals surface area (Å²) in [5, 5.41) is 15.1. The number of aliphatic hydroxyl groups is 1. The van der Waals surface area contributed by atoms with Crippen molar-refractivity contribution in [3.05, 3.63) is 71.0 Å². The molecule has 0 radical (unpaired) electrons. The summed E-state index contributed by atoms with van der Waals surface area (Å²) in [6.45, 7) is -0.0166. The molecule has 3 N–H and O–H groups in total. The highest BCUT2D eigenvalue weighted by Gasteiger charge is 2.26. The van der Waals surface area contributed by atoms with Gasteiger partial charge >= 0.3 is 6.03 Å². The van der Waals surface area contributed by atoms with Gasteiger partial charge in [-0.15, -0.1) is 0 Å². The van der Waals surface area contributed by atoms with E-state index in [9.17, 15) is 14.3 Å². The standard InChI is InChI=1S/C19H21FN2O2/c20-16-8-4-7-15-14(16)9-10-18(15)22-19(24)21-17(11-12-23)13-5-2-1-3-6-13/h1-8,17-18,23H,9-12H2,(H2,21,22,24)/t17-,18?/m1/s1. The lowest BCUT2D eigenvalue weighted by Gasteiger charge is -2.21. The molecule has 2 aromatic carbocycles. The molecular formula is C19H21FN2O2. The van der Waals surface area contributed by atoms with Gasteiger partial charge in [-0.1, -0.05) is 42.5 Å². The van der Waals surface area contributed by atoms with Crippen LogP contribution in [0.3, 0.4) is 0 Å². The van der Waals surface area contributed by atoms with E-state index in [0.29, 0.717) is 24.8 Å². The van der Waals surface area contributed by atoms with Gasteiger partial charge in [0.2, 0.25) is 0 Å². The molecule has 0 heterocycles. The van der Waals surface area contributed by atoms with Crippen LogP contribution in [0.2, 0.25) is 0 Å². The first kappa shape index (κ1) is 16.5. The van der Waals surface area contributed by atoms with Crippen LogP contribution in [0.4, 0.5) is 9.18 Å². The molecule has 1 aliphatic carbocycles. The Morgan fingerprint density at radius 3 is 2.75 bits per heavy atom. The number of halogens is 1. The van der Waals surface area contributed by atoms with Crippen molar-refractivity contribution in [2.75, 3.05) is 6.61 Å². The van der Waals surface area contributed by atoms with Crippen LogP contribution in [-0.4, -0.2) is 17.7 Å². The molecular weight excluding hydrogens is 307 g/mol. The SMILES string of the molecule is O=C(NC1CCc2c(F)cccc21)N[C@H](CCO)c1ccccc1. The van der Waals surface area contributed by atoms with Crippen molar-refractivity contribution in [2.45, 2.75) is 31.3 Å². The Kier molecular flexibility index (Phi) is 5.11. The van der Waals surface area contributed by atoms with Gasteiger partial charge in [0.05, 0.1) is 12.1 Å². The molecule has 2 atom stereocenters. The second kappa shape index (κ2) is 7.45. The Morgan fingerprint density at radius 1 is 1.21 bits per heavy atom. The molecule has 0 aliphatic heterocycles. The molecule has 0 saturated heterocycles. The summed E-state index contributed by atoms with van der Waals surface area (Å²) < 4.78 is 13.8. The second-order valence-electron chi connectivity index (χ2n) is 5.99. The Balaban J connectivity index is 1.66. The van der Waals surface area contributed by atoms with Crippen molar-refractivity contribution in [1.82, 2.24) is 10.6 Å². The zero-order chi connectivity index (χ0) is 16.9. The van der Waals surface area contributed by atoms with Gasteiger partial charge in [0, 0.05) is 6.61 Å². The van der Waals surface area contributed by atoms with Crippen LogP contribution in [-0.2, 0) is 6.42 Å². The molecule has 0 bridgehead atoms. The molecule has 24 heavy (non-hydrogen) atoms. The predicted molar refractivity (Wildman–Crippen MR) is 90.0 cm³/mol. The van der Waals surface area contributed by atoms with Crippen LogP contribution in [0.1, 0.15) is 41.6 Å². The van der Waals surface area contributed by atoms with Crippen molar-refractivity contribution in [3.8, 4) is 0 Å². The number of rotatable bonds is 5. The van der Waals surface area contributed by atoms with Gasteiger partial charge in [0.1, 0.15) is 5.82 Å². The lowest BCUT2D eigenvalue weighted by atomic mass is 10.0. The maximum Gasteiger partial charge on any atom is 0.315 e. The summed E-state index contributed by atoms with van der Waals surface area (Å²) in [4.78, 5) is 12.4. The number of carbonyl (C=O) groups is 1. The summed E-state index contributed by atoms with van der Waals surface area (Å²) >= 11 is 0. The molecule has 1 aliphatic rings. The number of hydrogen-bond acceptors (Lipinski definition) is 2. The van der Waals surface area contributed by atoms with Gasteiger partial charge in [0.25, 0.3) is 0 Å². The first-order valence-corrected chi connectivity index (χ1v) is 8.19. The fraction of sp³-hybridized carbons (Fsp3) is 0.316. The molecule has 4 nitrogen and oxygen atoms in total. The zero-order valence-electron chi connectivity index (χ0n) is 13.3. The lowest BCUT2D eigenvalue weighted by Crippen LogP contribution is -2.39. The Hall–Kier alpha value is -2.40. The molecule has 126 valence electrons. The van der Waals surface area contributed by atoms with E-state index in [1.807, 2.05) is 36.4 Å². The number of nitrogens with one attached hydrogen (secondary N) is 2. The van der Waals surface area contributed by atoms with Crippen molar-refractivity contribution in [1.29, 1.82) is 0 Å². The Morgan fingerprint density at radius 2 is 2.00 bits per heavy atom. The van der Waals surface area contributed by atoms with Gasteiger partial charge in [-0.3, -0.25) is 0 Å². The number of amides is 2. The molecule has 3 rings (SSSR count). The normalized spacial score (nSPS) is 17.2. The third kappa shape index (κ3) is 3.57. The Labute approximate surface area is 140 Å². The van der Waals surface area contributed by atoms with Crippen LogP contribution in [0, 0.1) is 5.82 Å². The topological polar surface area (TPSA) is 61.4 Å². The monoisotopic (exact) mass is 328 g/mol. The van der Waals surface area contributed by atoms with E-state index in [0.717, 1.165) is 11.1 Å². The van der Waals surface area contributed by atoms with Gasteiger partial charge < -0.3 is 15.7 Å². The number of hydrogen-bond donors (Lipinski definition) is 3. The van der Waals surface area contributed by atoms with E-state index < -0.39 is 0 Å². The van der Waals surface area contributed by atoms with Gasteiger partial charge in [-0.2, -0.15) is 0 Å². The second-order valence-corrected chi connectivity index (χ2v) is 5.99. The van der Waals surface area contributed by atoms with Crippen molar-refractivity contribution in [2.24, 2.45) is 0 Å². The number of urea groups is 1. The van der Waals surface area contributed by atoms with Gasteiger partial charge in [-0.05, 0) is 42.0 Å². The van der Waals surface area contributed by atoms with E-state index in [-0.39, 0.29) is 30.5 Å². The van der Waals surface area contributed by atoms with E-state index in [4.69, 9.17) is 0 Å². The van der Waals surface area contributed by atoms with Crippen molar-refractivity contribution >= 4 is 6.03 Å². The average Bonchev–Trinajstić information content (AvgIpc) is 3.00. The van der Waals surface area contributed by atoms with Crippen molar-refractivity contribution in [3.63, 3.8) is 0 Å². The first-order chi connectivity index (χ1) is 11.7. The third-order valence-corrected chi connectivity index (χ3v) is 4.44. The van der Waals surface area contributed by atoms with Gasteiger partial charge in [-0.25, -0.2) is 9.18 Å². The maximum atomic E-state index is 13.8. The quantitative estimate of drug-likeness (QED) is 0.789. The summed E-state index contributed by atoms with van der Waals surface area (Å²) in [6.07, 6.45) is 1.76.